The van der Waals surface area contributed by atoms with Crippen LogP contribution in [0.3, 0.4) is 0 Å². The van der Waals surface area contributed by atoms with Gasteiger partial charge in [0.1, 0.15) is 5.75 Å². The lowest BCUT2D eigenvalue weighted by Crippen LogP contribution is -2.57. The van der Waals surface area contributed by atoms with Crippen molar-refractivity contribution in [2.45, 2.75) is 104 Å². The maximum atomic E-state index is 6.50. The number of hydrogen-bond acceptors (Lipinski definition) is 4. The van der Waals surface area contributed by atoms with Crippen LogP contribution >= 0.6 is 0 Å². The third-order valence-electron chi connectivity index (χ3n) is 9.29. The van der Waals surface area contributed by atoms with E-state index in [9.17, 15) is 0 Å². The first-order chi connectivity index (χ1) is 14.8. The normalized spacial score (nSPS) is 39.0. The van der Waals surface area contributed by atoms with E-state index >= 15 is 0 Å². The van der Waals surface area contributed by atoms with E-state index in [0.29, 0.717) is 10.8 Å². The Morgan fingerprint density at radius 3 is 2.03 bits per heavy atom. The molecule has 4 saturated carbocycles. The molecule has 1 heterocycles. The highest BCUT2D eigenvalue weighted by Crippen LogP contribution is 2.70. The minimum absolute atomic E-state index is 0.163. The minimum Gasteiger partial charge on any atom is -0.468 e. The molecule has 5 fully saturated rings. The molecule has 1 aromatic rings. The lowest BCUT2D eigenvalue weighted by Gasteiger charge is -2.65. The molecule has 1 aliphatic heterocycles. The van der Waals surface area contributed by atoms with E-state index in [4.69, 9.17) is 18.8 Å². The Kier molecular flexibility index (Phi) is 4.97. The molecule has 4 bridgehead atoms. The standard InChI is InChI=1S/C27H41BO4/c1-18-9-20(27-13-19-11-25(6,15-27)14-26(7,12-19)16-27)22(30-17-29-8)21(10-18)28-31-23(2,3)24(4,5)32-28/h9-10,19H,11-17H2,1-8H3/t19?,25-,26+,27?. The summed E-state index contributed by atoms with van der Waals surface area (Å²) in [6.45, 7) is 15.9. The summed E-state index contributed by atoms with van der Waals surface area (Å²) in [5.74, 6) is 1.75. The van der Waals surface area contributed by atoms with Crippen LogP contribution in [-0.4, -0.2) is 32.2 Å². The topological polar surface area (TPSA) is 36.9 Å². The molecule has 1 saturated heterocycles. The van der Waals surface area contributed by atoms with Crippen molar-refractivity contribution in [1.82, 2.24) is 0 Å². The third kappa shape index (κ3) is 3.46. The summed E-state index contributed by atoms with van der Waals surface area (Å²) in [6.07, 6.45) is 7.91. The minimum atomic E-state index is -0.439. The van der Waals surface area contributed by atoms with Crippen LogP contribution in [-0.2, 0) is 19.5 Å². The summed E-state index contributed by atoms with van der Waals surface area (Å²) in [6, 6.07) is 4.58. The molecule has 6 rings (SSSR count). The summed E-state index contributed by atoms with van der Waals surface area (Å²) in [5, 5.41) is 0. The fraction of sp³-hybridized carbons (Fsp3) is 0.778. The van der Waals surface area contributed by atoms with Gasteiger partial charge in [0.15, 0.2) is 6.79 Å². The Labute approximate surface area is 194 Å². The van der Waals surface area contributed by atoms with Gasteiger partial charge in [-0.15, -0.1) is 0 Å². The fourth-order valence-electron chi connectivity index (χ4n) is 8.37. The second-order valence-electron chi connectivity index (χ2n) is 13.3. The third-order valence-corrected chi connectivity index (χ3v) is 9.29. The molecule has 4 atom stereocenters. The molecule has 176 valence electrons. The van der Waals surface area contributed by atoms with Crippen molar-refractivity contribution < 1.29 is 18.8 Å². The van der Waals surface area contributed by atoms with E-state index in [0.717, 1.165) is 17.1 Å². The largest absolute Gasteiger partial charge is 0.498 e. The predicted octanol–water partition coefficient (Wildman–Crippen LogP) is 5.52. The molecule has 0 N–H and O–H groups in total. The summed E-state index contributed by atoms with van der Waals surface area (Å²) < 4.78 is 24.8. The van der Waals surface area contributed by atoms with Gasteiger partial charge in [0, 0.05) is 23.6 Å². The molecule has 0 spiro atoms. The van der Waals surface area contributed by atoms with E-state index in [1.54, 1.807) is 7.11 Å². The highest BCUT2D eigenvalue weighted by atomic mass is 16.7. The van der Waals surface area contributed by atoms with Gasteiger partial charge in [-0.3, -0.25) is 0 Å². The van der Waals surface area contributed by atoms with Crippen LogP contribution in [0.5, 0.6) is 5.75 Å². The number of benzene rings is 1. The first kappa shape index (κ1) is 22.7. The zero-order chi connectivity index (χ0) is 23.2. The molecule has 4 aliphatic carbocycles. The predicted molar refractivity (Wildman–Crippen MR) is 128 cm³/mol. The Morgan fingerprint density at radius 1 is 0.906 bits per heavy atom. The Bertz CT molecular complexity index is 888. The molecular formula is C27H41BO4. The van der Waals surface area contributed by atoms with Gasteiger partial charge < -0.3 is 18.8 Å². The molecule has 0 aromatic heterocycles. The second-order valence-corrected chi connectivity index (χ2v) is 13.3. The highest BCUT2D eigenvalue weighted by molar-refractivity contribution is 6.63. The monoisotopic (exact) mass is 440 g/mol. The van der Waals surface area contributed by atoms with Crippen LogP contribution in [0.4, 0.5) is 0 Å². The van der Waals surface area contributed by atoms with E-state index in [1.807, 2.05) is 0 Å². The highest BCUT2D eigenvalue weighted by Gasteiger charge is 2.61. The second kappa shape index (κ2) is 6.99. The van der Waals surface area contributed by atoms with Gasteiger partial charge >= 0.3 is 7.12 Å². The van der Waals surface area contributed by atoms with Gasteiger partial charge in [-0.05, 0) is 89.9 Å². The first-order valence-electron chi connectivity index (χ1n) is 12.4. The summed E-state index contributed by atoms with van der Waals surface area (Å²) in [5.41, 5.74) is 3.88. The summed E-state index contributed by atoms with van der Waals surface area (Å²) >= 11 is 0. The van der Waals surface area contributed by atoms with Crippen LogP contribution in [0.2, 0.25) is 0 Å². The van der Waals surface area contributed by atoms with E-state index in [-0.39, 0.29) is 23.4 Å². The quantitative estimate of drug-likeness (QED) is 0.446. The van der Waals surface area contributed by atoms with E-state index in [1.165, 1.54) is 49.7 Å². The Morgan fingerprint density at radius 2 is 1.50 bits per heavy atom. The Balaban J connectivity index is 1.64. The van der Waals surface area contributed by atoms with Gasteiger partial charge in [-0.2, -0.15) is 0 Å². The number of methoxy groups -OCH3 is 1. The molecular weight excluding hydrogens is 399 g/mol. The van der Waals surface area contributed by atoms with E-state index in [2.05, 4.69) is 60.6 Å². The van der Waals surface area contributed by atoms with E-state index < -0.39 is 7.12 Å². The SMILES string of the molecule is COCOc1c(B2OC(C)(C)C(C)(C)O2)cc(C)cc1C12CC3C[C@@](C)(C1)C[C@](C)(C3)C2. The molecule has 5 heteroatoms. The number of aryl methyl sites for hydroxylation is 1. The molecule has 32 heavy (non-hydrogen) atoms. The van der Waals surface area contributed by atoms with Crippen LogP contribution in [0.15, 0.2) is 12.1 Å². The average molecular weight is 440 g/mol. The van der Waals surface area contributed by atoms with Gasteiger partial charge in [0.2, 0.25) is 0 Å². The number of ether oxygens (including phenoxy) is 2. The molecule has 0 radical (unpaired) electrons. The molecule has 4 nitrogen and oxygen atoms in total. The van der Waals surface area contributed by atoms with Crippen molar-refractivity contribution in [2.75, 3.05) is 13.9 Å². The van der Waals surface area contributed by atoms with Crippen LogP contribution in [0.25, 0.3) is 0 Å². The van der Waals surface area contributed by atoms with Gasteiger partial charge in [0.25, 0.3) is 0 Å². The number of hydrogen-bond donors (Lipinski definition) is 0. The van der Waals surface area contributed by atoms with Gasteiger partial charge in [-0.1, -0.05) is 31.5 Å². The molecule has 1 aromatic carbocycles. The van der Waals surface area contributed by atoms with Gasteiger partial charge in [-0.25, -0.2) is 0 Å². The lowest BCUT2D eigenvalue weighted by atomic mass is 9.39. The smallest absolute Gasteiger partial charge is 0.468 e. The van der Waals surface area contributed by atoms with Crippen molar-refractivity contribution in [3.05, 3.63) is 23.3 Å². The zero-order valence-electron chi connectivity index (χ0n) is 21.4. The maximum absolute atomic E-state index is 6.50. The van der Waals surface area contributed by atoms with Crippen LogP contribution in [0, 0.1) is 23.7 Å². The number of rotatable bonds is 5. The maximum Gasteiger partial charge on any atom is 0.498 e. The summed E-state index contributed by atoms with van der Waals surface area (Å²) in [4.78, 5) is 0. The van der Waals surface area contributed by atoms with Crippen molar-refractivity contribution in [1.29, 1.82) is 0 Å². The van der Waals surface area contributed by atoms with Gasteiger partial charge in [0.05, 0.1) is 11.2 Å². The average Bonchev–Trinajstić information content (AvgIpc) is 2.84. The molecule has 0 amide bonds. The van der Waals surface area contributed by atoms with Crippen LogP contribution in [0.1, 0.15) is 91.2 Å². The van der Waals surface area contributed by atoms with Crippen molar-refractivity contribution in [2.24, 2.45) is 16.7 Å². The molecule has 5 aliphatic rings. The van der Waals surface area contributed by atoms with Crippen molar-refractivity contribution in [3.63, 3.8) is 0 Å². The summed E-state index contributed by atoms with van der Waals surface area (Å²) in [7, 11) is 1.25. The van der Waals surface area contributed by atoms with Crippen molar-refractivity contribution in [3.8, 4) is 5.75 Å². The Hall–Kier alpha value is -1.04. The van der Waals surface area contributed by atoms with Crippen LogP contribution < -0.4 is 10.2 Å². The molecule has 2 unspecified atom stereocenters. The fourth-order valence-corrected chi connectivity index (χ4v) is 8.37. The lowest BCUT2D eigenvalue weighted by molar-refractivity contribution is -0.110. The van der Waals surface area contributed by atoms with Crippen molar-refractivity contribution >= 4 is 12.6 Å². The first-order valence-corrected chi connectivity index (χ1v) is 12.4. The zero-order valence-corrected chi connectivity index (χ0v) is 21.4.